The van der Waals surface area contributed by atoms with Gasteiger partial charge in [-0.1, -0.05) is 0 Å². The number of hydrogen-bond acceptors (Lipinski definition) is 3. The van der Waals surface area contributed by atoms with Crippen LogP contribution in [0.25, 0.3) is 0 Å². The first-order chi connectivity index (χ1) is 7.63. The van der Waals surface area contributed by atoms with Gasteiger partial charge >= 0.3 is 6.03 Å². The van der Waals surface area contributed by atoms with E-state index in [0.29, 0.717) is 6.67 Å². The number of hydrogen-bond donors (Lipinski definition) is 2. The minimum atomic E-state index is -0.173. The summed E-state index contributed by atoms with van der Waals surface area (Å²) in [4.78, 5) is 26.2. The van der Waals surface area contributed by atoms with Gasteiger partial charge in [0.25, 0.3) is 0 Å². The molecule has 1 fully saturated rings. The van der Waals surface area contributed by atoms with E-state index in [0.717, 1.165) is 32.6 Å². The van der Waals surface area contributed by atoms with E-state index in [2.05, 4.69) is 15.5 Å². The molecule has 6 nitrogen and oxygen atoms in total. The number of rotatable bonds is 2. The van der Waals surface area contributed by atoms with Crippen LogP contribution in [0, 0.1) is 0 Å². The second-order valence-electron chi connectivity index (χ2n) is 3.89. The standard InChI is InChI=1S/C10H20N4O2/c1-9(15)14-5-3-4-13(6-7-14)8-12-10(16)11-2/h3-8H2,1-2H3,(H2,11,12,16). The van der Waals surface area contributed by atoms with Crippen molar-refractivity contribution in [3.05, 3.63) is 0 Å². The largest absolute Gasteiger partial charge is 0.342 e. The lowest BCUT2D eigenvalue weighted by Crippen LogP contribution is -2.43. The maximum Gasteiger partial charge on any atom is 0.315 e. The first kappa shape index (κ1) is 12.8. The predicted octanol–water partition coefficient (Wildman–Crippen LogP) is -0.573. The number of nitrogens with zero attached hydrogens (tertiary/aromatic N) is 2. The maximum absolute atomic E-state index is 11.2. The number of carbonyl (C=O) groups excluding carboxylic acids is 2. The van der Waals surface area contributed by atoms with Crippen molar-refractivity contribution in [3.63, 3.8) is 0 Å². The Morgan fingerprint density at radius 1 is 1.19 bits per heavy atom. The molecule has 0 radical (unpaired) electrons. The molecule has 16 heavy (non-hydrogen) atoms. The summed E-state index contributed by atoms with van der Waals surface area (Å²) in [5, 5.41) is 5.25. The van der Waals surface area contributed by atoms with E-state index in [1.807, 2.05) is 4.90 Å². The average Bonchev–Trinajstić information content (AvgIpc) is 2.51. The molecule has 0 bridgehead atoms. The van der Waals surface area contributed by atoms with E-state index in [1.165, 1.54) is 0 Å². The Morgan fingerprint density at radius 3 is 2.56 bits per heavy atom. The molecule has 3 amide bonds. The quantitative estimate of drug-likeness (QED) is 0.665. The second-order valence-corrected chi connectivity index (χ2v) is 3.89. The van der Waals surface area contributed by atoms with Gasteiger partial charge in [-0.05, 0) is 6.42 Å². The fourth-order valence-electron chi connectivity index (χ4n) is 1.72. The van der Waals surface area contributed by atoms with Crippen molar-refractivity contribution in [3.8, 4) is 0 Å². The van der Waals surface area contributed by atoms with Crippen molar-refractivity contribution < 1.29 is 9.59 Å². The molecule has 2 N–H and O–H groups in total. The van der Waals surface area contributed by atoms with Crippen LogP contribution in [-0.2, 0) is 4.79 Å². The summed E-state index contributed by atoms with van der Waals surface area (Å²) in [7, 11) is 1.59. The molecular weight excluding hydrogens is 208 g/mol. The normalized spacial score (nSPS) is 17.8. The molecule has 1 aliphatic heterocycles. The SMILES string of the molecule is CNC(=O)NCN1CCCN(C(C)=O)CC1. The van der Waals surface area contributed by atoms with Crippen LogP contribution in [0.3, 0.4) is 0 Å². The van der Waals surface area contributed by atoms with Gasteiger partial charge in [-0.15, -0.1) is 0 Å². The summed E-state index contributed by atoms with van der Waals surface area (Å²) in [6.45, 7) is 5.40. The van der Waals surface area contributed by atoms with Crippen LogP contribution in [0.15, 0.2) is 0 Å². The predicted molar refractivity (Wildman–Crippen MR) is 60.9 cm³/mol. The minimum Gasteiger partial charge on any atom is -0.342 e. The molecule has 1 rings (SSSR count). The Balaban J connectivity index is 2.30. The molecule has 92 valence electrons. The molecule has 1 aliphatic rings. The molecule has 0 saturated carbocycles. The van der Waals surface area contributed by atoms with Crippen LogP contribution in [0.1, 0.15) is 13.3 Å². The van der Waals surface area contributed by atoms with Gasteiger partial charge in [-0.25, -0.2) is 4.79 Å². The third kappa shape index (κ3) is 4.06. The summed E-state index contributed by atoms with van der Waals surface area (Å²) in [6.07, 6.45) is 0.953. The lowest BCUT2D eigenvalue weighted by Gasteiger charge is -2.21. The highest BCUT2D eigenvalue weighted by molar-refractivity contribution is 5.73. The Kier molecular flexibility index (Phi) is 5.04. The molecule has 0 aromatic heterocycles. The molecule has 0 spiro atoms. The zero-order valence-electron chi connectivity index (χ0n) is 9.95. The van der Waals surface area contributed by atoms with Crippen molar-refractivity contribution in [2.75, 3.05) is 39.9 Å². The third-order valence-corrected chi connectivity index (χ3v) is 2.72. The lowest BCUT2D eigenvalue weighted by atomic mass is 10.4. The highest BCUT2D eigenvalue weighted by Crippen LogP contribution is 2.02. The van der Waals surface area contributed by atoms with Crippen LogP contribution in [0.2, 0.25) is 0 Å². The van der Waals surface area contributed by atoms with Crippen molar-refractivity contribution in [2.45, 2.75) is 13.3 Å². The Bertz CT molecular complexity index is 257. The van der Waals surface area contributed by atoms with Crippen molar-refractivity contribution in [2.24, 2.45) is 0 Å². The first-order valence-corrected chi connectivity index (χ1v) is 5.57. The Hall–Kier alpha value is -1.30. The summed E-state index contributed by atoms with van der Waals surface area (Å²) >= 11 is 0. The van der Waals surface area contributed by atoms with E-state index in [9.17, 15) is 9.59 Å². The molecular formula is C10H20N4O2. The van der Waals surface area contributed by atoms with Gasteiger partial charge in [0.2, 0.25) is 5.91 Å². The topological polar surface area (TPSA) is 64.7 Å². The fraction of sp³-hybridized carbons (Fsp3) is 0.800. The van der Waals surface area contributed by atoms with Gasteiger partial charge in [0.05, 0.1) is 6.67 Å². The third-order valence-electron chi connectivity index (χ3n) is 2.72. The molecule has 1 saturated heterocycles. The van der Waals surface area contributed by atoms with Crippen LogP contribution in [-0.4, -0.2) is 61.6 Å². The van der Waals surface area contributed by atoms with E-state index >= 15 is 0 Å². The smallest absolute Gasteiger partial charge is 0.315 e. The van der Waals surface area contributed by atoms with Crippen LogP contribution in [0.5, 0.6) is 0 Å². The Morgan fingerprint density at radius 2 is 1.94 bits per heavy atom. The van der Waals surface area contributed by atoms with E-state index in [1.54, 1.807) is 14.0 Å². The molecule has 0 unspecified atom stereocenters. The summed E-state index contributed by atoms with van der Waals surface area (Å²) in [5.41, 5.74) is 0. The number of urea groups is 1. The van der Waals surface area contributed by atoms with Crippen LogP contribution >= 0.6 is 0 Å². The van der Waals surface area contributed by atoms with Crippen LogP contribution in [0.4, 0.5) is 4.79 Å². The monoisotopic (exact) mass is 228 g/mol. The van der Waals surface area contributed by atoms with Gasteiger partial charge in [0.1, 0.15) is 0 Å². The highest BCUT2D eigenvalue weighted by atomic mass is 16.2. The zero-order valence-corrected chi connectivity index (χ0v) is 9.95. The van der Waals surface area contributed by atoms with Gasteiger partial charge in [0, 0.05) is 40.2 Å². The second kappa shape index (κ2) is 6.32. The molecule has 0 atom stereocenters. The molecule has 1 heterocycles. The van der Waals surface area contributed by atoms with E-state index in [4.69, 9.17) is 0 Å². The van der Waals surface area contributed by atoms with E-state index < -0.39 is 0 Å². The number of amides is 3. The van der Waals surface area contributed by atoms with E-state index in [-0.39, 0.29) is 11.9 Å². The molecule has 6 heteroatoms. The lowest BCUT2D eigenvalue weighted by molar-refractivity contribution is -0.128. The highest BCUT2D eigenvalue weighted by Gasteiger charge is 2.16. The summed E-state index contributed by atoms with van der Waals surface area (Å²) in [5.74, 6) is 0.126. The zero-order chi connectivity index (χ0) is 12.0. The first-order valence-electron chi connectivity index (χ1n) is 5.57. The van der Waals surface area contributed by atoms with Crippen molar-refractivity contribution in [1.82, 2.24) is 20.4 Å². The van der Waals surface area contributed by atoms with Gasteiger partial charge in [-0.3, -0.25) is 9.69 Å². The van der Waals surface area contributed by atoms with Crippen molar-refractivity contribution >= 4 is 11.9 Å². The summed E-state index contributed by atoms with van der Waals surface area (Å²) < 4.78 is 0. The van der Waals surface area contributed by atoms with Crippen molar-refractivity contribution in [1.29, 1.82) is 0 Å². The van der Waals surface area contributed by atoms with Gasteiger partial charge in [-0.2, -0.15) is 0 Å². The number of carbonyl (C=O) groups is 2. The molecule has 0 aromatic carbocycles. The fourth-order valence-corrected chi connectivity index (χ4v) is 1.72. The number of nitrogens with one attached hydrogen (secondary N) is 2. The molecule has 0 aliphatic carbocycles. The average molecular weight is 228 g/mol. The van der Waals surface area contributed by atoms with Crippen LogP contribution < -0.4 is 10.6 Å². The minimum absolute atomic E-state index is 0.126. The van der Waals surface area contributed by atoms with Gasteiger partial charge < -0.3 is 15.5 Å². The molecule has 0 aromatic rings. The summed E-state index contributed by atoms with van der Waals surface area (Å²) in [6, 6.07) is -0.173. The Labute approximate surface area is 96.0 Å². The maximum atomic E-state index is 11.2. The van der Waals surface area contributed by atoms with Gasteiger partial charge in [0.15, 0.2) is 0 Å².